The van der Waals surface area contributed by atoms with E-state index in [1.165, 1.54) is 6.07 Å². The number of ether oxygens (including phenoxy) is 1. The molecule has 0 amide bonds. The Labute approximate surface area is 191 Å². The van der Waals surface area contributed by atoms with Crippen LogP contribution in [0.4, 0.5) is 4.39 Å². The summed E-state index contributed by atoms with van der Waals surface area (Å²) in [6.45, 7) is 2.82. The zero-order valence-corrected chi connectivity index (χ0v) is 18.7. The van der Waals surface area contributed by atoms with Crippen LogP contribution in [-0.4, -0.2) is 33.9 Å². The van der Waals surface area contributed by atoms with Gasteiger partial charge in [0.1, 0.15) is 11.6 Å². The van der Waals surface area contributed by atoms with E-state index in [2.05, 4.69) is 15.0 Å². The third-order valence-electron chi connectivity index (χ3n) is 6.98. The predicted molar refractivity (Wildman–Crippen MR) is 124 cm³/mol. The first kappa shape index (κ1) is 20.0. The average molecular weight is 445 g/mol. The summed E-state index contributed by atoms with van der Waals surface area (Å²) in [7, 11) is 1.67. The van der Waals surface area contributed by atoms with Gasteiger partial charge in [0.2, 0.25) is 5.72 Å². The SMILES string of the molecule is COc1cc(/C=C/C2=NO[C@@]34c5ccc(F)cc5CC3CCCN24)ccc1-n1cnc(C)c1. The molecule has 0 saturated carbocycles. The van der Waals surface area contributed by atoms with Crippen molar-refractivity contribution in [1.82, 2.24) is 14.5 Å². The lowest BCUT2D eigenvalue weighted by Crippen LogP contribution is -2.52. The van der Waals surface area contributed by atoms with Crippen LogP contribution in [0.2, 0.25) is 0 Å². The van der Waals surface area contributed by atoms with E-state index < -0.39 is 5.72 Å². The second kappa shape index (κ2) is 7.47. The van der Waals surface area contributed by atoms with Gasteiger partial charge in [-0.2, -0.15) is 0 Å². The van der Waals surface area contributed by atoms with Crippen LogP contribution in [0.15, 0.2) is 60.2 Å². The van der Waals surface area contributed by atoms with E-state index in [0.29, 0.717) is 0 Å². The fourth-order valence-corrected chi connectivity index (χ4v) is 5.51. The monoisotopic (exact) mass is 444 g/mol. The molecular weight excluding hydrogens is 419 g/mol. The molecule has 168 valence electrons. The molecule has 33 heavy (non-hydrogen) atoms. The summed E-state index contributed by atoms with van der Waals surface area (Å²) in [5, 5.41) is 4.48. The number of nitrogens with zero attached hydrogens (tertiary/aromatic N) is 4. The molecule has 0 N–H and O–H groups in total. The molecule has 3 heterocycles. The second-order valence-electron chi connectivity index (χ2n) is 8.92. The van der Waals surface area contributed by atoms with Gasteiger partial charge in [0.25, 0.3) is 0 Å². The Hall–Kier alpha value is -3.61. The molecule has 0 bridgehead atoms. The summed E-state index contributed by atoms with van der Waals surface area (Å²) in [6, 6.07) is 11.1. The Morgan fingerprint density at radius 3 is 2.94 bits per heavy atom. The number of benzene rings is 2. The highest BCUT2D eigenvalue weighted by atomic mass is 19.1. The van der Waals surface area contributed by atoms with Crippen LogP contribution in [0.3, 0.4) is 0 Å². The minimum Gasteiger partial charge on any atom is -0.495 e. The van der Waals surface area contributed by atoms with Crippen LogP contribution in [0.25, 0.3) is 11.8 Å². The number of oxime groups is 1. The average Bonchev–Trinajstić information content (AvgIpc) is 3.51. The fraction of sp³-hybridized carbons (Fsp3) is 0.308. The van der Waals surface area contributed by atoms with Crippen molar-refractivity contribution in [2.75, 3.05) is 13.7 Å². The van der Waals surface area contributed by atoms with Gasteiger partial charge in [0.15, 0.2) is 5.84 Å². The van der Waals surface area contributed by atoms with Gasteiger partial charge in [-0.25, -0.2) is 9.37 Å². The Balaban J connectivity index is 1.29. The largest absolute Gasteiger partial charge is 0.495 e. The molecule has 1 fully saturated rings. The Kier molecular flexibility index (Phi) is 4.54. The first-order chi connectivity index (χ1) is 16.1. The third-order valence-corrected chi connectivity index (χ3v) is 6.98. The van der Waals surface area contributed by atoms with Crippen molar-refractivity contribution in [3.8, 4) is 11.4 Å². The van der Waals surface area contributed by atoms with E-state index in [0.717, 1.165) is 65.5 Å². The van der Waals surface area contributed by atoms with Crippen LogP contribution in [0, 0.1) is 18.7 Å². The number of imidazole rings is 1. The van der Waals surface area contributed by atoms with Gasteiger partial charge in [0.05, 0.1) is 24.8 Å². The minimum atomic E-state index is -0.609. The molecule has 3 aliphatic rings. The standard InChI is InChI=1S/C26H25FN4O2/c1-17-15-30(16-28-17)23-9-5-18(12-24(23)32-2)6-10-25-29-33-26-20(4-3-11-31(25)26)13-19-14-21(27)7-8-22(19)26/h5-10,12,14-16,20H,3-4,11,13H2,1-2H3/b10-6+/t20?,26-/m1/s1. The molecule has 2 aromatic carbocycles. The Morgan fingerprint density at radius 1 is 1.21 bits per heavy atom. The van der Waals surface area contributed by atoms with Gasteiger partial charge in [-0.1, -0.05) is 17.3 Å². The van der Waals surface area contributed by atoms with Crippen LogP contribution in [0.5, 0.6) is 5.75 Å². The summed E-state index contributed by atoms with van der Waals surface area (Å²) in [5.41, 5.74) is 4.35. The van der Waals surface area contributed by atoms with E-state index >= 15 is 0 Å². The Morgan fingerprint density at radius 2 is 2.12 bits per heavy atom. The van der Waals surface area contributed by atoms with Crippen LogP contribution in [-0.2, 0) is 17.0 Å². The van der Waals surface area contributed by atoms with Crippen LogP contribution >= 0.6 is 0 Å². The molecule has 2 aliphatic heterocycles. The first-order valence-corrected chi connectivity index (χ1v) is 11.3. The number of piperidine rings is 1. The molecule has 6 rings (SSSR count). The second-order valence-corrected chi connectivity index (χ2v) is 8.92. The van der Waals surface area contributed by atoms with Crippen molar-refractivity contribution in [3.63, 3.8) is 0 Å². The van der Waals surface area contributed by atoms with Crippen LogP contribution in [0.1, 0.15) is 35.2 Å². The number of halogens is 1. The van der Waals surface area contributed by atoms with Gasteiger partial charge in [-0.15, -0.1) is 0 Å². The van der Waals surface area contributed by atoms with Crippen molar-refractivity contribution in [2.24, 2.45) is 11.1 Å². The van der Waals surface area contributed by atoms with Gasteiger partial charge in [0, 0.05) is 24.2 Å². The number of fused-ring (bicyclic) bond motifs is 1. The topological polar surface area (TPSA) is 51.9 Å². The normalized spacial score (nSPS) is 23.2. The molecule has 2 atom stereocenters. The predicted octanol–water partition coefficient (Wildman–Crippen LogP) is 4.81. The lowest BCUT2D eigenvalue weighted by atomic mass is 9.86. The molecule has 3 aromatic rings. The molecular formula is C26H25FN4O2. The highest BCUT2D eigenvalue weighted by molar-refractivity contribution is 5.97. The lowest BCUT2D eigenvalue weighted by Gasteiger charge is -2.42. The van der Waals surface area contributed by atoms with E-state index in [4.69, 9.17) is 9.57 Å². The highest BCUT2D eigenvalue weighted by Crippen LogP contribution is 2.53. The molecule has 1 unspecified atom stereocenters. The maximum Gasteiger partial charge on any atom is 0.240 e. The summed E-state index contributed by atoms with van der Waals surface area (Å²) in [4.78, 5) is 12.7. The number of aromatic nitrogens is 2. The highest BCUT2D eigenvalue weighted by Gasteiger charge is 2.58. The van der Waals surface area contributed by atoms with Crippen molar-refractivity contribution < 1.29 is 14.0 Å². The summed E-state index contributed by atoms with van der Waals surface area (Å²) in [5.74, 6) is 1.64. The number of rotatable bonds is 4. The number of amidine groups is 1. The molecule has 1 aliphatic carbocycles. The molecule has 1 spiro atoms. The smallest absolute Gasteiger partial charge is 0.240 e. The first-order valence-electron chi connectivity index (χ1n) is 11.3. The Bertz CT molecular complexity index is 1300. The van der Waals surface area contributed by atoms with Crippen molar-refractivity contribution >= 4 is 11.9 Å². The molecule has 6 nitrogen and oxygen atoms in total. The van der Waals surface area contributed by atoms with Crippen molar-refractivity contribution in [2.45, 2.75) is 31.9 Å². The van der Waals surface area contributed by atoms with Crippen molar-refractivity contribution in [3.05, 3.63) is 83.2 Å². The van der Waals surface area contributed by atoms with Crippen molar-refractivity contribution in [1.29, 1.82) is 0 Å². The zero-order valence-electron chi connectivity index (χ0n) is 18.7. The molecule has 0 radical (unpaired) electrons. The number of methoxy groups -OCH3 is 1. The summed E-state index contributed by atoms with van der Waals surface area (Å²) >= 11 is 0. The zero-order chi connectivity index (χ0) is 22.6. The quantitative estimate of drug-likeness (QED) is 0.580. The summed E-state index contributed by atoms with van der Waals surface area (Å²) < 4.78 is 21.4. The van der Waals surface area contributed by atoms with Gasteiger partial charge in [-0.3, -0.25) is 0 Å². The van der Waals surface area contributed by atoms with E-state index in [1.54, 1.807) is 19.5 Å². The van der Waals surface area contributed by atoms with Gasteiger partial charge >= 0.3 is 0 Å². The number of aryl methyl sites for hydroxylation is 1. The van der Waals surface area contributed by atoms with E-state index in [-0.39, 0.29) is 11.7 Å². The maximum atomic E-state index is 13.9. The molecule has 1 saturated heterocycles. The number of hydrogen-bond donors (Lipinski definition) is 0. The maximum absolute atomic E-state index is 13.9. The van der Waals surface area contributed by atoms with Crippen LogP contribution < -0.4 is 4.74 Å². The minimum absolute atomic E-state index is 0.197. The number of hydrogen-bond acceptors (Lipinski definition) is 5. The third kappa shape index (κ3) is 3.06. The molecule has 7 heteroatoms. The fourth-order valence-electron chi connectivity index (χ4n) is 5.51. The van der Waals surface area contributed by atoms with Gasteiger partial charge in [-0.05, 0) is 73.7 Å². The summed E-state index contributed by atoms with van der Waals surface area (Å²) in [6.07, 6.45) is 10.7. The van der Waals surface area contributed by atoms with E-state index in [1.807, 2.05) is 54.1 Å². The molecule has 1 aromatic heterocycles. The van der Waals surface area contributed by atoms with E-state index in [9.17, 15) is 4.39 Å². The lowest BCUT2D eigenvalue weighted by molar-refractivity contribution is -0.155. The van der Waals surface area contributed by atoms with Gasteiger partial charge < -0.3 is 19.0 Å².